The second kappa shape index (κ2) is 4.55. The van der Waals surface area contributed by atoms with Crippen LogP contribution in [0.2, 0.25) is 0 Å². The Morgan fingerprint density at radius 3 is 2.81 bits per heavy atom. The zero-order chi connectivity index (χ0) is 11.6. The molecule has 0 aliphatic heterocycles. The highest BCUT2D eigenvalue weighted by Gasteiger charge is 2.37. The summed E-state index contributed by atoms with van der Waals surface area (Å²) >= 11 is 0. The van der Waals surface area contributed by atoms with E-state index in [1.807, 2.05) is 0 Å². The van der Waals surface area contributed by atoms with Gasteiger partial charge in [-0.3, -0.25) is 5.10 Å². The van der Waals surface area contributed by atoms with Gasteiger partial charge in [-0.2, -0.15) is 9.40 Å². The van der Waals surface area contributed by atoms with Crippen molar-refractivity contribution in [1.29, 1.82) is 0 Å². The number of aromatic nitrogens is 2. The Bertz CT molecular complexity index is 423. The van der Waals surface area contributed by atoms with Crippen LogP contribution in [-0.2, 0) is 10.0 Å². The largest absolute Gasteiger partial charge is 0.284 e. The highest BCUT2D eigenvalue weighted by Crippen LogP contribution is 2.31. The minimum Gasteiger partial charge on any atom is -0.284 e. The Balaban J connectivity index is 2.18. The van der Waals surface area contributed by atoms with Gasteiger partial charge in [-0.15, -0.1) is 0 Å². The van der Waals surface area contributed by atoms with Crippen LogP contribution in [0.15, 0.2) is 17.3 Å². The number of aromatic amines is 1. The molecular weight excluding hydrogens is 226 g/mol. The standard InChI is InChI=1S/C10H17N3O2S/c1-2-3-6-13(9-4-5-9)16(14,15)10-7-11-12-8-10/h7-9H,2-6H2,1H3,(H,11,12). The molecule has 1 aliphatic carbocycles. The van der Waals surface area contributed by atoms with Crippen LogP contribution < -0.4 is 0 Å². The molecule has 1 aromatic heterocycles. The van der Waals surface area contributed by atoms with Gasteiger partial charge in [-0.05, 0) is 19.3 Å². The van der Waals surface area contributed by atoms with Crippen molar-refractivity contribution >= 4 is 10.0 Å². The van der Waals surface area contributed by atoms with E-state index in [1.165, 1.54) is 12.4 Å². The van der Waals surface area contributed by atoms with Crippen LogP contribution in [-0.4, -0.2) is 35.5 Å². The molecular formula is C10H17N3O2S. The van der Waals surface area contributed by atoms with Crippen LogP contribution in [0.3, 0.4) is 0 Å². The minimum atomic E-state index is -3.33. The lowest BCUT2D eigenvalue weighted by atomic mass is 10.3. The average Bonchev–Trinajstić information content (AvgIpc) is 2.92. The van der Waals surface area contributed by atoms with Crippen LogP contribution in [0.5, 0.6) is 0 Å². The van der Waals surface area contributed by atoms with Crippen LogP contribution in [0, 0.1) is 0 Å². The Morgan fingerprint density at radius 2 is 2.31 bits per heavy atom. The van der Waals surface area contributed by atoms with Gasteiger partial charge >= 0.3 is 0 Å². The molecule has 16 heavy (non-hydrogen) atoms. The van der Waals surface area contributed by atoms with Crippen LogP contribution in [0.4, 0.5) is 0 Å². The van der Waals surface area contributed by atoms with E-state index in [2.05, 4.69) is 17.1 Å². The number of sulfonamides is 1. The average molecular weight is 243 g/mol. The molecule has 5 nitrogen and oxygen atoms in total. The summed E-state index contributed by atoms with van der Waals surface area (Å²) < 4.78 is 26.1. The first-order valence-corrected chi connectivity index (χ1v) is 7.11. The lowest BCUT2D eigenvalue weighted by molar-refractivity contribution is 0.396. The molecule has 0 radical (unpaired) electrons. The lowest BCUT2D eigenvalue weighted by Gasteiger charge is -2.20. The third kappa shape index (κ3) is 2.27. The first kappa shape index (κ1) is 11.6. The molecule has 1 heterocycles. The Labute approximate surface area is 95.9 Å². The molecule has 0 atom stereocenters. The van der Waals surface area contributed by atoms with Crippen LogP contribution >= 0.6 is 0 Å². The third-order valence-corrected chi connectivity index (χ3v) is 4.68. The number of hydrogen-bond acceptors (Lipinski definition) is 3. The van der Waals surface area contributed by atoms with Gasteiger partial charge in [0.25, 0.3) is 0 Å². The van der Waals surface area contributed by atoms with Crippen LogP contribution in [0.25, 0.3) is 0 Å². The van der Waals surface area contributed by atoms with Gasteiger partial charge in [0.15, 0.2) is 0 Å². The first-order valence-electron chi connectivity index (χ1n) is 5.67. The predicted octanol–water partition coefficient (Wildman–Crippen LogP) is 1.36. The van der Waals surface area contributed by atoms with E-state index >= 15 is 0 Å². The molecule has 1 aromatic rings. The minimum absolute atomic E-state index is 0.214. The maximum atomic E-state index is 12.2. The monoisotopic (exact) mass is 243 g/mol. The summed E-state index contributed by atoms with van der Waals surface area (Å²) in [5.74, 6) is 0. The third-order valence-electron chi connectivity index (χ3n) is 2.77. The van der Waals surface area contributed by atoms with E-state index in [0.717, 1.165) is 25.7 Å². The number of nitrogens with one attached hydrogen (secondary N) is 1. The number of nitrogens with zero attached hydrogens (tertiary/aromatic N) is 2. The SMILES string of the molecule is CCCCN(C1CC1)S(=O)(=O)c1cn[nH]c1. The highest BCUT2D eigenvalue weighted by atomic mass is 32.2. The highest BCUT2D eigenvalue weighted by molar-refractivity contribution is 7.89. The molecule has 1 aliphatic rings. The van der Waals surface area contributed by atoms with Crippen molar-refractivity contribution in [3.63, 3.8) is 0 Å². The van der Waals surface area contributed by atoms with Crippen molar-refractivity contribution in [3.8, 4) is 0 Å². The summed E-state index contributed by atoms with van der Waals surface area (Å²) in [6.07, 6.45) is 6.70. The van der Waals surface area contributed by atoms with E-state index in [9.17, 15) is 8.42 Å². The van der Waals surface area contributed by atoms with Crippen LogP contribution in [0.1, 0.15) is 32.6 Å². The zero-order valence-electron chi connectivity index (χ0n) is 9.39. The second-order valence-electron chi connectivity index (χ2n) is 4.13. The number of H-pyrrole nitrogens is 1. The maximum absolute atomic E-state index is 12.2. The fourth-order valence-corrected chi connectivity index (χ4v) is 3.32. The Kier molecular flexibility index (Phi) is 3.30. The Hall–Kier alpha value is -0.880. The number of hydrogen-bond donors (Lipinski definition) is 1. The second-order valence-corrected chi connectivity index (χ2v) is 6.03. The van der Waals surface area contributed by atoms with Crippen molar-refractivity contribution < 1.29 is 8.42 Å². The fraction of sp³-hybridized carbons (Fsp3) is 0.700. The molecule has 0 amide bonds. The normalized spacial score (nSPS) is 16.9. The summed E-state index contributed by atoms with van der Waals surface area (Å²) in [5.41, 5.74) is 0. The smallest absolute Gasteiger partial charge is 0.246 e. The quantitative estimate of drug-likeness (QED) is 0.820. The molecule has 1 saturated carbocycles. The van der Waals surface area contributed by atoms with E-state index in [0.29, 0.717) is 6.54 Å². The molecule has 0 spiro atoms. The lowest BCUT2D eigenvalue weighted by Crippen LogP contribution is -2.33. The van der Waals surface area contributed by atoms with E-state index in [-0.39, 0.29) is 10.9 Å². The van der Waals surface area contributed by atoms with Crippen molar-refractivity contribution in [2.75, 3.05) is 6.54 Å². The molecule has 0 aromatic carbocycles. The summed E-state index contributed by atoms with van der Waals surface area (Å²) in [5, 5.41) is 6.25. The molecule has 0 bridgehead atoms. The van der Waals surface area contributed by atoms with Gasteiger partial charge in [0.05, 0.1) is 6.20 Å². The summed E-state index contributed by atoms with van der Waals surface area (Å²) in [4.78, 5) is 0.274. The zero-order valence-corrected chi connectivity index (χ0v) is 10.2. The molecule has 1 N–H and O–H groups in total. The van der Waals surface area contributed by atoms with Crippen molar-refractivity contribution in [3.05, 3.63) is 12.4 Å². The van der Waals surface area contributed by atoms with Crippen molar-refractivity contribution in [2.45, 2.75) is 43.5 Å². The summed E-state index contributed by atoms with van der Waals surface area (Å²) in [6, 6.07) is 0.214. The van der Waals surface area contributed by atoms with E-state index < -0.39 is 10.0 Å². The summed E-state index contributed by atoms with van der Waals surface area (Å²) in [6.45, 7) is 2.68. The van der Waals surface area contributed by atoms with Crippen molar-refractivity contribution in [1.82, 2.24) is 14.5 Å². The molecule has 6 heteroatoms. The van der Waals surface area contributed by atoms with Gasteiger partial charge in [0.1, 0.15) is 4.90 Å². The first-order chi connectivity index (χ1) is 7.66. The van der Waals surface area contributed by atoms with Crippen molar-refractivity contribution in [2.24, 2.45) is 0 Å². The van der Waals surface area contributed by atoms with Gasteiger partial charge in [0, 0.05) is 18.8 Å². The van der Waals surface area contributed by atoms with Gasteiger partial charge in [0.2, 0.25) is 10.0 Å². The molecule has 0 saturated heterocycles. The topological polar surface area (TPSA) is 66.1 Å². The Morgan fingerprint density at radius 1 is 1.56 bits per heavy atom. The molecule has 0 unspecified atom stereocenters. The summed E-state index contributed by atoms with van der Waals surface area (Å²) in [7, 11) is -3.33. The fourth-order valence-electron chi connectivity index (χ4n) is 1.69. The van der Waals surface area contributed by atoms with E-state index in [4.69, 9.17) is 0 Å². The molecule has 1 fully saturated rings. The van der Waals surface area contributed by atoms with Gasteiger partial charge < -0.3 is 0 Å². The van der Waals surface area contributed by atoms with Gasteiger partial charge in [-0.25, -0.2) is 8.42 Å². The number of rotatable bonds is 6. The van der Waals surface area contributed by atoms with E-state index in [1.54, 1.807) is 4.31 Å². The maximum Gasteiger partial charge on any atom is 0.246 e. The van der Waals surface area contributed by atoms with Gasteiger partial charge in [-0.1, -0.05) is 13.3 Å². The molecule has 2 rings (SSSR count). The number of unbranched alkanes of at least 4 members (excludes halogenated alkanes) is 1. The predicted molar refractivity (Wildman–Crippen MR) is 60.4 cm³/mol. The molecule has 90 valence electrons.